The Morgan fingerprint density at radius 1 is 1.18 bits per heavy atom. The van der Waals surface area contributed by atoms with E-state index in [-0.39, 0.29) is 23.2 Å². The van der Waals surface area contributed by atoms with Gasteiger partial charge in [-0.3, -0.25) is 14.6 Å². The van der Waals surface area contributed by atoms with Crippen LogP contribution in [0.25, 0.3) is 10.9 Å². The zero-order chi connectivity index (χ0) is 19.7. The molecule has 3 N–H and O–H groups in total. The molecule has 1 fully saturated rings. The summed E-state index contributed by atoms with van der Waals surface area (Å²) in [5.74, 6) is -3.08. The summed E-state index contributed by atoms with van der Waals surface area (Å²) in [5, 5.41) is 5.30. The van der Waals surface area contributed by atoms with Crippen molar-refractivity contribution in [3.05, 3.63) is 54.5 Å². The zero-order valence-electron chi connectivity index (χ0n) is 14.5. The molecule has 1 aromatic carbocycles. The van der Waals surface area contributed by atoms with Crippen LogP contribution in [0.2, 0.25) is 0 Å². The second-order valence-corrected chi connectivity index (χ2v) is 6.54. The van der Waals surface area contributed by atoms with E-state index in [1.165, 1.54) is 6.20 Å². The molecule has 2 amide bonds. The van der Waals surface area contributed by atoms with E-state index in [2.05, 4.69) is 20.6 Å². The Labute approximate surface area is 158 Å². The molecular weight excluding hydrogens is 370 g/mol. The Morgan fingerprint density at radius 2 is 1.96 bits per heavy atom. The number of carbonyl (C=O) groups is 2. The molecule has 9 heteroatoms. The Kier molecular flexibility index (Phi) is 4.64. The first-order valence-electron chi connectivity index (χ1n) is 8.64. The van der Waals surface area contributed by atoms with E-state index in [0.29, 0.717) is 24.1 Å². The summed E-state index contributed by atoms with van der Waals surface area (Å²) >= 11 is 0. The minimum Gasteiger partial charge on any atom is -0.489 e. The van der Waals surface area contributed by atoms with Crippen LogP contribution in [-0.4, -0.2) is 33.9 Å². The Hall–Kier alpha value is -3.49. The molecule has 0 unspecified atom stereocenters. The average Bonchev–Trinajstić information content (AvgIpc) is 3.02. The lowest BCUT2D eigenvalue weighted by molar-refractivity contribution is -0.137. The number of rotatable bonds is 4. The van der Waals surface area contributed by atoms with Crippen molar-refractivity contribution in [2.75, 3.05) is 5.32 Å². The minimum atomic E-state index is -1.04. The van der Waals surface area contributed by atoms with E-state index in [0.717, 1.165) is 12.1 Å². The van der Waals surface area contributed by atoms with Gasteiger partial charge in [0.25, 0.3) is 0 Å². The van der Waals surface area contributed by atoms with Gasteiger partial charge in [-0.05, 0) is 18.2 Å². The lowest BCUT2D eigenvalue weighted by Crippen LogP contribution is -2.51. The van der Waals surface area contributed by atoms with Crippen LogP contribution in [0.4, 0.5) is 14.5 Å². The number of benzene rings is 1. The van der Waals surface area contributed by atoms with Gasteiger partial charge in [0.2, 0.25) is 0 Å². The second-order valence-electron chi connectivity index (χ2n) is 6.54. The molecule has 2 aromatic heterocycles. The quantitative estimate of drug-likeness (QED) is 0.601. The first kappa shape index (κ1) is 17.9. The maximum atomic E-state index is 13.4. The van der Waals surface area contributed by atoms with Crippen LogP contribution < -0.4 is 15.4 Å². The van der Waals surface area contributed by atoms with Crippen molar-refractivity contribution in [1.29, 1.82) is 0 Å². The fourth-order valence-electron chi connectivity index (χ4n) is 3.04. The van der Waals surface area contributed by atoms with Crippen LogP contribution in [0.1, 0.15) is 12.8 Å². The van der Waals surface area contributed by atoms with Crippen LogP contribution in [0.5, 0.6) is 5.75 Å². The highest BCUT2D eigenvalue weighted by atomic mass is 19.2. The molecule has 3 aromatic rings. The van der Waals surface area contributed by atoms with Gasteiger partial charge >= 0.3 is 11.8 Å². The third-order valence-electron chi connectivity index (χ3n) is 4.54. The molecule has 0 saturated heterocycles. The number of halogens is 2. The molecule has 0 bridgehead atoms. The molecule has 4 rings (SSSR count). The molecule has 0 aliphatic heterocycles. The number of amides is 2. The number of aromatic amines is 1. The highest BCUT2D eigenvalue weighted by Gasteiger charge is 2.33. The van der Waals surface area contributed by atoms with Crippen LogP contribution in [0.3, 0.4) is 0 Å². The van der Waals surface area contributed by atoms with Crippen LogP contribution in [0, 0.1) is 11.6 Å². The topological polar surface area (TPSA) is 96.1 Å². The third-order valence-corrected chi connectivity index (χ3v) is 4.54. The number of hydrogen-bond acceptors (Lipinski definition) is 4. The van der Waals surface area contributed by atoms with Gasteiger partial charge < -0.3 is 20.4 Å². The molecular formula is C19H16F2N4O3. The van der Waals surface area contributed by atoms with E-state index in [1.807, 2.05) is 0 Å². The van der Waals surface area contributed by atoms with Gasteiger partial charge in [-0.2, -0.15) is 0 Å². The van der Waals surface area contributed by atoms with E-state index in [1.54, 1.807) is 24.5 Å². The monoisotopic (exact) mass is 386 g/mol. The fourth-order valence-corrected chi connectivity index (χ4v) is 3.04. The number of carbonyl (C=O) groups excluding carboxylic acids is 2. The predicted octanol–water partition coefficient (Wildman–Crippen LogP) is 2.51. The number of nitrogens with zero attached hydrogens (tertiary/aromatic N) is 1. The highest BCUT2D eigenvalue weighted by molar-refractivity contribution is 6.40. The van der Waals surface area contributed by atoms with Crippen molar-refractivity contribution >= 4 is 28.4 Å². The molecule has 0 atom stereocenters. The van der Waals surface area contributed by atoms with Crippen molar-refractivity contribution in [1.82, 2.24) is 15.3 Å². The molecule has 0 spiro atoms. The van der Waals surface area contributed by atoms with Gasteiger partial charge in [0, 0.05) is 42.7 Å². The summed E-state index contributed by atoms with van der Waals surface area (Å²) in [6, 6.07) is 5.33. The molecule has 144 valence electrons. The number of nitrogens with one attached hydrogen (secondary N) is 3. The number of pyridine rings is 1. The maximum Gasteiger partial charge on any atom is 0.313 e. The second kappa shape index (κ2) is 7.26. The summed E-state index contributed by atoms with van der Waals surface area (Å²) in [6.07, 6.45) is 5.72. The highest BCUT2D eigenvalue weighted by Crippen LogP contribution is 2.27. The summed E-state index contributed by atoms with van der Waals surface area (Å²) in [6.45, 7) is 0. The summed E-state index contributed by atoms with van der Waals surface area (Å²) in [7, 11) is 0. The van der Waals surface area contributed by atoms with Crippen molar-refractivity contribution in [3.63, 3.8) is 0 Å². The predicted molar refractivity (Wildman–Crippen MR) is 96.7 cm³/mol. The first-order chi connectivity index (χ1) is 13.5. The van der Waals surface area contributed by atoms with E-state index in [4.69, 9.17) is 4.74 Å². The Balaban J connectivity index is 1.30. The van der Waals surface area contributed by atoms with Gasteiger partial charge in [-0.15, -0.1) is 0 Å². The fraction of sp³-hybridized carbons (Fsp3) is 0.211. The number of aromatic nitrogens is 2. The lowest BCUT2D eigenvalue weighted by Gasteiger charge is -2.35. The van der Waals surface area contributed by atoms with Crippen molar-refractivity contribution in [2.24, 2.45) is 0 Å². The SMILES string of the molecule is O=C(Nc1c[nH]c2cc(F)c(F)cc12)C(=O)N[C@H]1C[C@H](Oc2cccnc2)C1. The third kappa shape index (κ3) is 3.64. The molecule has 7 nitrogen and oxygen atoms in total. The number of fused-ring (bicyclic) bond motifs is 1. The molecule has 1 aliphatic rings. The molecule has 0 radical (unpaired) electrons. The van der Waals surface area contributed by atoms with Gasteiger partial charge in [0.15, 0.2) is 11.6 Å². The standard InChI is InChI=1S/C19H16F2N4O3/c20-14-6-13-16(7-15(14)21)23-9-17(13)25-19(27)18(26)24-10-4-12(5-10)28-11-2-1-3-22-8-11/h1-3,6-10,12,23H,4-5H2,(H,24,26)(H,25,27)/t10-,12-. The number of H-pyrrole nitrogens is 1. The van der Waals surface area contributed by atoms with E-state index in [9.17, 15) is 18.4 Å². The van der Waals surface area contributed by atoms with Crippen molar-refractivity contribution < 1.29 is 23.1 Å². The summed E-state index contributed by atoms with van der Waals surface area (Å²) < 4.78 is 32.4. The number of ether oxygens (including phenoxy) is 1. The van der Waals surface area contributed by atoms with Crippen molar-refractivity contribution in [3.8, 4) is 5.75 Å². The molecule has 1 saturated carbocycles. The van der Waals surface area contributed by atoms with E-state index >= 15 is 0 Å². The summed E-state index contributed by atoms with van der Waals surface area (Å²) in [4.78, 5) is 30.9. The van der Waals surface area contributed by atoms with Crippen LogP contribution >= 0.6 is 0 Å². The maximum absolute atomic E-state index is 13.4. The first-order valence-corrected chi connectivity index (χ1v) is 8.64. The van der Waals surface area contributed by atoms with E-state index < -0.39 is 23.4 Å². The van der Waals surface area contributed by atoms with Gasteiger partial charge in [0.1, 0.15) is 11.9 Å². The van der Waals surface area contributed by atoms with Gasteiger partial charge in [-0.25, -0.2) is 8.78 Å². The van der Waals surface area contributed by atoms with Crippen LogP contribution in [0.15, 0.2) is 42.9 Å². The lowest BCUT2D eigenvalue weighted by atomic mass is 9.89. The molecule has 1 aliphatic carbocycles. The number of anilines is 1. The van der Waals surface area contributed by atoms with Gasteiger partial charge in [-0.1, -0.05) is 0 Å². The smallest absolute Gasteiger partial charge is 0.313 e. The minimum absolute atomic E-state index is 0.0518. The average molecular weight is 386 g/mol. The Morgan fingerprint density at radius 3 is 2.71 bits per heavy atom. The van der Waals surface area contributed by atoms with Crippen LogP contribution in [-0.2, 0) is 9.59 Å². The molecule has 2 heterocycles. The normalized spacial score (nSPS) is 18.4. The van der Waals surface area contributed by atoms with Crippen molar-refractivity contribution in [2.45, 2.75) is 25.0 Å². The molecule has 28 heavy (non-hydrogen) atoms. The van der Waals surface area contributed by atoms with Gasteiger partial charge in [0.05, 0.1) is 17.4 Å². The Bertz CT molecular complexity index is 1030. The zero-order valence-corrected chi connectivity index (χ0v) is 14.5. The largest absolute Gasteiger partial charge is 0.489 e. The summed E-state index contributed by atoms with van der Waals surface area (Å²) in [5.41, 5.74) is 0.504. The number of hydrogen-bond donors (Lipinski definition) is 3.